The minimum absolute atomic E-state index is 0.0507. The molecule has 2 heterocycles. The number of methoxy groups -OCH3 is 1. The molecule has 1 saturated heterocycles. The van der Waals surface area contributed by atoms with Crippen LogP contribution in [0.4, 0.5) is 8.78 Å². The summed E-state index contributed by atoms with van der Waals surface area (Å²) in [6.45, 7) is 1.72. The molecule has 3 N–H and O–H groups in total. The van der Waals surface area contributed by atoms with E-state index in [4.69, 9.17) is 22.1 Å². The smallest absolute Gasteiger partial charge is 0.303 e. The van der Waals surface area contributed by atoms with Gasteiger partial charge in [-0.15, -0.1) is 0 Å². The molecule has 1 aliphatic rings. The third-order valence-electron chi connectivity index (χ3n) is 7.10. The number of halogens is 3. The summed E-state index contributed by atoms with van der Waals surface area (Å²) in [5.41, 5.74) is 8.50. The number of carboxylic acid groups (broad SMARTS) is 1. The van der Waals surface area contributed by atoms with Gasteiger partial charge in [-0.1, -0.05) is 23.4 Å². The van der Waals surface area contributed by atoms with Crippen molar-refractivity contribution < 1.29 is 23.4 Å². The van der Waals surface area contributed by atoms with Gasteiger partial charge in [0.2, 0.25) is 0 Å². The molecule has 3 atom stereocenters. The molecule has 1 aromatic heterocycles. The van der Waals surface area contributed by atoms with Crippen molar-refractivity contribution >= 4 is 28.5 Å². The fourth-order valence-corrected chi connectivity index (χ4v) is 5.52. The lowest BCUT2D eigenvalue weighted by Crippen LogP contribution is -2.41. The molecule has 0 radical (unpaired) electrons. The highest BCUT2D eigenvalue weighted by Gasteiger charge is 2.31. The standard InChI is InChI=1S/C29H30ClF2N3O3/c1-38-23-5-7-27-24(15-23)29(25(30)16-34-27)26(33)6-4-19-8-10-35(17-20(19)13-28(36)37)9-2-3-18-11-21(31)14-22(32)12-18/h5,7,11-12,14-16,19-20,26H,4,6,8-10,13,17,33H2,1H3,(H,36,37)/t19-,20-,26+/m1/s1. The van der Waals surface area contributed by atoms with Crippen molar-refractivity contribution in [2.24, 2.45) is 17.6 Å². The molecule has 9 heteroatoms. The molecule has 0 bridgehead atoms. The molecule has 1 fully saturated rings. The number of nitrogens with two attached hydrogens (primary N) is 1. The van der Waals surface area contributed by atoms with E-state index in [1.165, 1.54) is 12.1 Å². The summed E-state index contributed by atoms with van der Waals surface area (Å²) in [7, 11) is 1.60. The van der Waals surface area contributed by atoms with E-state index < -0.39 is 17.6 Å². The molecule has 38 heavy (non-hydrogen) atoms. The molecule has 6 nitrogen and oxygen atoms in total. The first-order valence-electron chi connectivity index (χ1n) is 12.5. The number of hydrogen-bond acceptors (Lipinski definition) is 5. The Balaban J connectivity index is 1.42. The van der Waals surface area contributed by atoms with E-state index in [-0.39, 0.29) is 29.9 Å². The van der Waals surface area contributed by atoms with Crippen LogP contribution >= 0.6 is 11.6 Å². The van der Waals surface area contributed by atoms with Gasteiger partial charge in [-0.05, 0) is 73.5 Å². The van der Waals surface area contributed by atoms with Crippen LogP contribution in [0.25, 0.3) is 10.9 Å². The quantitative estimate of drug-likeness (QED) is 0.370. The van der Waals surface area contributed by atoms with Gasteiger partial charge in [0.05, 0.1) is 24.2 Å². The number of hydrogen-bond donors (Lipinski definition) is 2. The van der Waals surface area contributed by atoms with Gasteiger partial charge in [-0.25, -0.2) is 8.78 Å². The Hall–Kier alpha value is -3.25. The maximum Gasteiger partial charge on any atom is 0.303 e. The number of rotatable bonds is 8. The number of piperidine rings is 1. The third kappa shape index (κ3) is 6.98. The topological polar surface area (TPSA) is 88.7 Å². The number of ether oxygens (including phenoxy) is 1. The molecule has 0 aliphatic carbocycles. The van der Waals surface area contributed by atoms with E-state index in [1.807, 2.05) is 18.2 Å². The highest BCUT2D eigenvalue weighted by Crippen LogP contribution is 2.36. The van der Waals surface area contributed by atoms with E-state index in [2.05, 4.69) is 21.7 Å². The van der Waals surface area contributed by atoms with E-state index in [9.17, 15) is 18.7 Å². The summed E-state index contributed by atoms with van der Waals surface area (Å²) in [5, 5.41) is 10.9. The largest absolute Gasteiger partial charge is 0.497 e. The number of pyridine rings is 1. The Labute approximate surface area is 225 Å². The Morgan fingerprint density at radius 2 is 2.03 bits per heavy atom. The molecule has 2 aromatic carbocycles. The van der Waals surface area contributed by atoms with Crippen LogP contribution in [-0.4, -0.2) is 47.7 Å². The lowest BCUT2D eigenvalue weighted by Gasteiger charge is -2.37. The molecule has 1 aliphatic heterocycles. The van der Waals surface area contributed by atoms with E-state index in [0.717, 1.165) is 41.9 Å². The first kappa shape index (κ1) is 27.8. The number of carbonyl (C=O) groups is 1. The first-order chi connectivity index (χ1) is 18.2. The number of aromatic nitrogens is 1. The van der Waals surface area contributed by atoms with Gasteiger partial charge in [-0.3, -0.25) is 14.7 Å². The van der Waals surface area contributed by atoms with Crippen LogP contribution in [0.3, 0.4) is 0 Å². The second kappa shape index (κ2) is 12.5. The Morgan fingerprint density at radius 1 is 1.26 bits per heavy atom. The Kier molecular flexibility index (Phi) is 9.16. The second-order valence-corrected chi connectivity index (χ2v) is 10.1. The van der Waals surface area contributed by atoms with Crippen LogP contribution < -0.4 is 10.5 Å². The van der Waals surface area contributed by atoms with Gasteiger partial charge in [0, 0.05) is 42.2 Å². The van der Waals surface area contributed by atoms with Crippen LogP contribution in [0, 0.1) is 35.3 Å². The number of benzene rings is 2. The van der Waals surface area contributed by atoms with Crippen LogP contribution in [0.15, 0.2) is 42.6 Å². The van der Waals surface area contributed by atoms with Crippen molar-refractivity contribution in [1.82, 2.24) is 9.88 Å². The number of likely N-dealkylation sites (tertiary alicyclic amines) is 1. The summed E-state index contributed by atoms with van der Waals surface area (Å²) in [6, 6.07) is 8.42. The summed E-state index contributed by atoms with van der Waals surface area (Å²) >= 11 is 6.52. The van der Waals surface area contributed by atoms with Crippen molar-refractivity contribution in [3.8, 4) is 17.6 Å². The summed E-state index contributed by atoms with van der Waals surface area (Å²) < 4.78 is 32.2. The van der Waals surface area contributed by atoms with Gasteiger partial charge in [0.25, 0.3) is 0 Å². The maximum absolute atomic E-state index is 13.4. The van der Waals surface area contributed by atoms with E-state index in [0.29, 0.717) is 30.3 Å². The zero-order valence-corrected chi connectivity index (χ0v) is 21.8. The van der Waals surface area contributed by atoms with Crippen LogP contribution in [-0.2, 0) is 4.79 Å². The first-order valence-corrected chi connectivity index (χ1v) is 12.9. The number of aliphatic carboxylic acids is 1. The van der Waals surface area contributed by atoms with Crippen LogP contribution in [0.1, 0.15) is 42.9 Å². The summed E-state index contributed by atoms with van der Waals surface area (Å²) in [6.07, 6.45) is 3.86. The average molecular weight is 542 g/mol. The van der Waals surface area contributed by atoms with E-state index >= 15 is 0 Å². The minimum Gasteiger partial charge on any atom is -0.497 e. The summed E-state index contributed by atoms with van der Waals surface area (Å²) in [5.74, 6) is 4.38. The highest BCUT2D eigenvalue weighted by molar-refractivity contribution is 6.32. The SMILES string of the molecule is COc1ccc2ncc(Cl)c([C@@H](N)CC[C@@H]3CCN(CC#Cc4cc(F)cc(F)c4)C[C@H]3CC(=O)O)c2c1. The predicted molar refractivity (Wildman–Crippen MR) is 143 cm³/mol. The van der Waals surface area contributed by atoms with Gasteiger partial charge >= 0.3 is 5.97 Å². The molecule has 4 rings (SSSR count). The van der Waals surface area contributed by atoms with Crippen molar-refractivity contribution in [3.63, 3.8) is 0 Å². The lowest BCUT2D eigenvalue weighted by atomic mass is 9.79. The molecule has 3 aromatic rings. The zero-order chi connectivity index (χ0) is 27.2. The van der Waals surface area contributed by atoms with Gasteiger partial charge < -0.3 is 15.6 Å². The third-order valence-corrected chi connectivity index (χ3v) is 7.40. The second-order valence-electron chi connectivity index (χ2n) is 9.69. The van der Waals surface area contributed by atoms with Gasteiger partial charge in [0.15, 0.2) is 0 Å². The molecule has 0 spiro atoms. The predicted octanol–water partition coefficient (Wildman–Crippen LogP) is 5.42. The average Bonchev–Trinajstić information content (AvgIpc) is 2.86. The van der Waals surface area contributed by atoms with Crippen molar-refractivity contribution in [2.75, 3.05) is 26.7 Å². The fraction of sp³-hybridized carbons (Fsp3) is 0.379. The van der Waals surface area contributed by atoms with Crippen molar-refractivity contribution in [2.45, 2.75) is 31.7 Å². The van der Waals surface area contributed by atoms with Crippen molar-refractivity contribution in [1.29, 1.82) is 0 Å². The van der Waals surface area contributed by atoms with Crippen LogP contribution in [0.5, 0.6) is 5.75 Å². The monoisotopic (exact) mass is 541 g/mol. The van der Waals surface area contributed by atoms with Gasteiger partial charge in [-0.2, -0.15) is 0 Å². The Bertz CT molecular complexity index is 1350. The molecule has 0 amide bonds. The minimum atomic E-state index is -0.845. The fourth-order valence-electron chi connectivity index (χ4n) is 5.22. The van der Waals surface area contributed by atoms with Gasteiger partial charge in [0.1, 0.15) is 17.4 Å². The normalized spacial score (nSPS) is 18.6. The molecule has 0 unspecified atom stereocenters. The highest BCUT2D eigenvalue weighted by atomic mass is 35.5. The zero-order valence-electron chi connectivity index (χ0n) is 21.1. The molecule has 200 valence electrons. The molecule has 0 saturated carbocycles. The number of fused-ring (bicyclic) bond motifs is 1. The number of carboxylic acids is 1. The van der Waals surface area contributed by atoms with Crippen LogP contribution in [0.2, 0.25) is 5.02 Å². The molecular formula is C29H30ClF2N3O3. The lowest BCUT2D eigenvalue weighted by molar-refractivity contribution is -0.139. The summed E-state index contributed by atoms with van der Waals surface area (Å²) in [4.78, 5) is 18.1. The van der Waals surface area contributed by atoms with E-state index in [1.54, 1.807) is 13.3 Å². The van der Waals surface area contributed by atoms with Crippen molar-refractivity contribution in [3.05, 3.63) is 70.4 Å². The maximum atomic E-state index is 13.4. The molecular weight excluding hydrogens is 512 g/mol. The number of nitrogens with zero attached hydrogens (tertiary/aromatic N) is 2. The Morgan fingerprint density at radius 3 is 2.74 bits per heavy atom.